The minimum Gasteiger partial charge on any atom is -0.380 e. The molecular formula is C12H13ClFN3O. The summed E-state index contributed by atoms with van der Waals surface area (Å²) in [6.45, 7) is 3.86. The van der Waals surface area contributed by atoms with Gasteiger partial charge in [-0.1, -0.05) is 11.6 Å². The van der Waals surface area contributed by atoms with Gasteiger partial charge in [-0.15, -0.1) is 0 Å². The Hall–Kier alpha value is -1.46. The van der Waals surface area contributed by atoms with Crippen LogP contribution in [0.5, 0.6) is 0 Å². The summed E-state index contributed by atoms with van der Waals surface area (Å²) in [5, 5.41) is 14.7. The third kappa shape index (κ3) is 2.37. The Balaban J connectivity index is 2.42. The molecule has 96 valence electrons. The lowest BCUT2D eigenvalue weighted by Crippen LogP contribution is -2.13. The molecule has 0 aromatic carbocycles. The highest BCUT2D eigenvalue weighted by atomic mass is 35.5. The zero-order chi connectivity index (χ0) is 13.3. The van der Waals surface area contributed by atoms with Gasteiger partial charge in [-0.3, -0.25) is 9.67 Å². The second-order valence-electron chi connectivity index (χ2n) is 4.22. The van der Waals surface area contributed by atoms with Crippen molar-refractivity contribution in [2.24, 2.45) is 0 Å². The predicted molar refractivity (Wildman–Crippen MR) is 65.9 cm³/mol. The first-order valence-electron chi connectivity index (χ1n) is 5.53. The fraction of sp³-hybridized carbons (Fsp3) is 0.333. The van der Waals surface area contributed by atoms with E-state index < -0.39 is 11.9 Å². The summed E-state index contributed by atoms with van der Waals surface area (Å²) in [6.07, 6.45) is 1.51. The molecule has 2 heterocycles. The van der Waals surface area contributed by atoms with E-state index in [1.54, 1.807) is 4.68 Å². The van der Waals surface area contributed by atoms with E-state index in [9.17, 15) is 9.50 Å². The maximum absolute atomic E-state index is 12.8. The Kier molecular flexibility index (Phi) is 3.63. The van der Waals surface area contributed by atoms with Crippen LogP contribution in [0.3, 0.4) is 0 Å². The van der Waals surface area contributed by atoms with Crippen molar-refractivity contribution in [2.75, 3.05) is 0 Å². The van der Waals surface area contributed by atoms with Crippen molar-refractivity contribution in [1.29, 1.82) is 0 Å². The number of rotatable bonds is 3. The zero-order valence-electron chi connectivity index (χ0n) is 10.0. The molecular weight excluding hydrogens is 257 g/mol. The van der Waals surface area contributed by atoms with Crippen LogP contribution >= 0.6 is 11.6 Å². The number of hydrogen-bond donors (Lipinski definition) is 1. The van der Waals surface area contributed by atoms with Gasteiger partial charge in [0.1, 0.15) is 11.9 Å². The zero-order valence-corrected chi connectivity index (χ0v) is 10.8. The van der Waals surface area contributed by atoms with Crippen LogP contribution in [0.15, 0.2) is 24.5 Å². The molecule has 0 radical (unpaired) electrons. The number of aliphatic hydroxyl groups excluding tert-OH is 1. The summed E-state index contributed by atoms with van der Waals surface area (Å²) in [4.78, 5) is 3.85. The molecule has 18 heavy (non-hydrogen) atoms. The molecule has 0 aliphatic heterocycles. The summed E-state index contributed by atoms with van der Waals surface area (Å²) in [5.41, 5.74) is 0.798. The quantitative estimate of drug-likeness (QED) is 0.932. The second kappa shape index (κ2) is 5.04. The van der Waals surface area contributed by atoms with Gasteiger partial charge in [0, 0.05) is 6.04 Å². The fourth-order valence-corrected chi connectivity index (χ4v) is 1.94. The van der Waals surface area contributed by atoms with Gasteiger partial charge in [0.2, 0.25) is 0 Å². The number of pyridine rings is 1. The summed E-state index contributed by atoms with van der Waals surface area (Å²) < 4.78 is 14.4. The van der Waals surface area contributed by atoms with Crippen LogP contribution in [0.1, 0.15) is 37.4 Å². The normalized spacial score (nSPS) is 13.0. The maximum Gasteiger partial charge on any atom is 0.141 e. The fourth-order valence-electron chi connectivity index (χ4n) is 1.71. The average Bonchev–Trinajstić information content (AvgIpc) is 2.71. The van der Waals surface area contributed by atoms with Crippen molar-refractivity contribution in [3.05, 3.63) is 46.8 Å². The van der Waals surface area contributed by atoms with E-state index >= 15 is 0 Å². The molecule has 6 heteroatoms. The monoisotopic (exact) mass is 269 g/mol. The van der Waals surface area contributed by atoms with Gasteiger partial charge >= 0.3 is 0 Å². The molecule has 0 aliphatic carbocycles. The van der Waals surface area contributed by atoms with E-state index in [-0.39, 0.29) is 6.04 Å². The SMILES string of the molecule is CC(C)n1ncc(Cl)c1C(O)c1ccc(F)cn1. The van der Waals surface area contributed by atoms with Gasteiger partial charge in [-0.2, -0.15) is 5.10 Å². The average molecular weight is 270 g/mol. The minimum absolute atomic E-state index is 0.0580. The van der Waals surface area contributed by atoms with Crippen molar-refractivity contribution in [1.82, 2.24) is 14.8 Å². The van der Waals surface area contributed by atoms with Crippen LogP contribution in [0.2, 0.25) is 5.02 Å². The summed E-state index contributed by atoms with van der Waals surface area (Å²) >= 11 is 6.02. The molecule has 1 N–H and O–H groups in total. The molecule has 0 saturated carbocycles. The Labute approximate surface area is 109 Å². The van der Waals surface area contributed by atoms with Crippen LogP contribution in [-0.2, 0) is 0 Å². The van der Waals surface area contributed by atoms with Crippen LogP contribution in [0, 0.1) is 5.82 Å². The van der Waals surface area contributed by atoms with Crippen molar-refractivity contribution in [3.8, 4) is 0 Å². The maximum atomic E-state index is 12.8. The lowest BCUT2D eigenvalue weighted by molar-refractivity contribution is 0.200. The van der Waals surface area contributed by atoms with E-state index in [1.807, 2.05) is 13.8 Å². The van der Waals surface area contributed by atoms with Gasteiger partial charge in [-0.05, 0) is 26.0 Å². The van der Waals surface area contributed by atoms with E-state index in [0.29, 0.717) is 16.4 Å². The second-order valence-corrected chi connectivity index (χ2v) is 4.63. The molecule has 2 rings (SSSR count). The van der Waals surface area contributed by atoms with Gasteiger partial charge < -0.3 is 5.11 Å². The van der Waals surface area contributed by atoms with Gasteiger partial charge in [0.25, 0.3) is 0 Å². The molecule has 2 aromatic heterocycles. The van der Waals surface area contributed by atoms with E-state index in [2.05, 4.69) is 10.1 Å². The Bertz CT molecular complexity index is 539. The molecule has 0 fully saturated rings. The Morgan fingerprint density at radius 1 is 1.33 bits per heavy atom. The van der Waals surface area contributed by atoms with E-state index in [1.165, 1.54) is 18.3 Å². The highest BCUT2D eigenvalue weighted by Crippen LogP contribution is 2.29. The highest BCUT2D eigenvalue weighted by molar-refractivity contribution is 6.31. The first-order chi connectivity index (χ1) is 8.50. The first-order valence-corrected chi connectivity index (χ1v) is 5.91. The third-order valence-electron chi connectivity index (χ3n) is 2.57. The number of nitrogens with zero attached hydrogens (tertiary/aromatic N) is 3. The number of aliphatic hydroxyl groups is 1. The topological polar surface area (TPSA) is 50.9 Å². The lowest BCUT2D eigenvalue weighted by atomic mass is 10.1. The Morgan fingerprint density at radius 3 is 2.61 bits per heavy atom. The van der Waals surface area contributed by atoms with E-state index in [0.717, 1.165) is 6.20 Å². The molecule has 2 aromatic rings. The molecule has 0 amide bonds. The standard InChI is InChI=1S/C12H13ClFN3O/c1-7(2)17-11(9(13)6-16-17)12(18)10-4-3-8(14)5-15-10/h3-7,12,18H,1-2H3. The van der Waals surface area contributed by atoms with E-state index in [4.69, 9.17) is 11.6 Å². The van der Waals surface area contributed by atoms with Crippen LogP contribution < -0.4 is 0 Å². The van der Waals surface area contributed by atoms with Crippen LogP contribution in [-0.4, -0.2) is 19.9 Å². The van der Waals surface area contributed by atoms with Crippen LogP contribution in [0.4, 0.5) is 4.39 Å². The molecule has 1 atom stereocenters. The molecule has 0 saturated heterocycles. The van der Waals surface area contributed by atoms with Crippen molar-refractivity contribution in [2.45, 2.75) is 26.0 Å². The summed E-state index contributed by atoms with van der Waals surface area (Å²) in [7, 11) is 0. The Morgan fingerprint density at radius 2 is 2.06 bits per heavy atom. The largest absolute Gasteiger partial charge is 0.380 e. The number of aromatic nitrogens is 3. The predicted octanol–water partition coefficient (Wildman–Crippen LogP) is 2.73. The molecule has 0 spiro atoms. The smallest absolute Gasteiger partial charge is 0.141 e. The van der Waals surface area contributed by atoms with Crippen molar-refractivity contribution < 1.29 is 9.50 Å². The first kappa shape index (κ1) is 13.0. The number of halogens is 2. The minimum atomic E-state index is -1.03. The molecule has 0 aliphatic rings. The molecule has 0 bridgehead atoms. The van der Waals surface area contributed by atoms with Crippen molar-refractivity contribution in [3.63, 3.8) is 0 Å². The summed E-state index contributed by atoms with van der Waals surface area (Å²) in [5.74, 6) is -0.450. The third-order valence-corrected chi connectivity index (χ3v) is 2.86. The summed E-state index contributed by atoms with van der Waals surface area (Å²) in [6, 6.07) is 2.73. The van der Waals surface area contributed by atoms with Gasteiger partial charge in [0.05, 0.1) is 28.8 Å². The van der Waals surface area contributed by atoms with Crippen LogP contribution in [0.25, 0.3) is 0 Å². The van der Waals surface area contributed by atoms with Crippen molar-refractivity contribution >= 4 is 11.6 Å². The lowest BCUT2D eigenvalue weighted by Gasteiger charge is -2.16. The number of hydrogen-bond acceptors (Lipinski definition) is 3. The van der Waals surface area contributed by atoms with Gasteiger partial charge in [-0.25, -0.2) is 4.39 Å². The molecule has 1 unspecified atom stereocenters. The highest BCUT2D eigenvalue weighted by Gasteiger charge is 2.22. The van der Waals surface area contributed by atoms with Gasteiger partial charge in [0.15, 0.2) is 0 Å². The molecule has 4 nitrogen and oxygen atoms in total.